The van der Waals surface area contributed by atoms with Crippen molar-refractivity contribution in [3.8, 4) is 0 Å². The average molecular weight is 311 g/mol. The van der Waals surface area contributed by atoms with E-state index in [9.17, 15) is 14.4 Å². The van der Waals surface area contributed by atoms with E-state index in [1.807, 2.05) is 0 Å². The summed E-state index contributed by atoms with van der Waals surface area (Å²) >= 11 is 0. The minimum absolute atomic E-state index is 0.0354. The molecule has 1 rings (SSSR count). The highest BCUT2D eigenvalue weighted by Gasteiger charge is 2.49. The van der Waals surface area contributed by atoms with Gasteiger partial charge in [0.15, 0.2) is 0 Å². The van der Waals surface area contributed by atoms with Gasteiger partial charge < -0.3 is 14.8 Å². The molecule has 0 aromatic heterocycles. The van der Waals surface area contributed by atoms with Crippen LogP contribution in [0.25, 0.3) is 0 Å². The number of carbonyl (C=O) groups is 3. The molecule has 22 heavy (non-hydrogen) atoms. The molecule has 0 bridgehead atoms. The van der Waals surface area contributed by atoms with Crippen LogP contribution in [0.1, 0.15) is 47.0 Å². The molecular weight excluding hydrogens is 286 g/mol. The SMILES string of the molecule is C=C1NC(=O)C(CCC(=O)OC)C1(C)CC(=O)OC(C)(C)C. The molecule has 6 heteroatoms. The lowest BCUT2D eigenvalue weighted by Gasteiger charge is -2.30. The molecule has 124 valence electrons. The number of esters is 2. The van der Waals surface area contributed by atoms with Gasteiger partial charge in [0, 0.05) is 17.5 Å². The standard InChI is InChI=1S/C16H25NO5/c1-10-16(5,9-13(19)22-15(2,3)4)11(14(20)17-10)7-8-12(18)21-6/h11H,1,7-9H2,2-6H3,(H,17,20). The van der Waals surface area contributed by atoms with Gasteiger partial charge in [-0.15, -0.1) is 0 Å². The molecule has 0 radical (unpaired) electrons. The molecule has 1 fully saturated rings. The van der Waals surface area contributed by atoms with Gasteiger partial charge in [0.1, 0.15) is 5.60 Å². The van der Waals surface area contributed by atoms with Gasteiger partial charge in [0.2, 0.25) is 5.91 Å². The van der Waals surface area contributed by atoms with Crippen molar-refractivity contribution in [1.82, 2.24) is 5.32 Å². The van der Waals surface area contributed by atoms with Gasteiger partial charge in [0.05, 0.1) is 19.4 Å². The Kier molecular flexibility index (Phi) is 5.38. The van der Waals surface area contributed by atoms with Crippen LogP contribution in [-0.4, -0.2) is 30.6 Å². The molecule has 1 saturated heterocycles. The molecule has 2 atom stereocenters. The number of amides is 1. The fraction of sp³-hybridized carbons (Fsp3) is 0.688. The molecule has 0 spiro atoms. The first-order valence-electron chi connectivity index (χ1n) is 7.28. The monoisotopic (exact) mass is 311 g/mol. The minimum Gasteiger partial charge on any atom is -0.469 e. The van der Waals surface area contributed by atoms with Gasteiger partial charge in [-0.25, -0.2) is 0 Å². The summed E-state index contributed by atoms with van der Waals surface area (Å²) < 4.78 is 9.94. The molecule has 0 aliphatic carbocycles. The summed E-state index contributed by atoms with van der Waals surface area (Å²) in [6.07, 6.45) is 0.455. The lowest BCUT2D eigenvalue weighted by molar-refractivity contribution is -0.157. The third kappa shape index (κ3) is 4.32. The third-order valence-electron chi connectivity index (χ3n) is 3.85. The second kappa shape index (κ2) is 6.50. The first-order chi connectivity index (χ1) is 9.99. The summed E-state index contributed by atoms with van der Waals surface area (Å²) in [4.78, 5) is 35.5. The Labute approximate surface area is 131 Å². The van der Waals surface area contributed by atoms with Crippen molar-refractivity contribution >= 4 is 17.8 Å². The lowest BCUT2D eigenvalue weighted by atomic mass is 9.73. The molecule has 0 aromatic carbocycles. The summed E-state index contributed by atoms with van der Waals surface area (Å²) in [6.45, 7) is 11.0. The number of hydrogen-bond acceptors (Lipinski definition) is 5. The molecule has 1 N–H and O–H groups in total. The molecular formula is C16H25NO5. The number of hydrogen-bond donors (Lipinski definition) is 1. The molecule has 6 nitrogen and oxygen atoms in total. The van der Waals surface area contributed by atoms with Gasteiger partial charge in [-0.1, -0.05) is 13.5 Å². The number of rotatable bonds is 5. The summed E-state index contributed by atoms with van der Waals surface area (Å²) in [7, 11) is 1.30. The maximum absolute atomic E-state index is 12.1. The van der Waals surface area contributed by atoms with Crippen LogP contribution in [0, 0.1) is 11.3 Å². The smallest absolute Gasteiger partial charge is 0.307 e. The van der Waals surface area contributed by atoms with E-state index < -0.39 is 22.9 Å². The van der Waals surface area contributed by atoms with Crippen LogP contribution in [0.2, 0.25) is 0 Å². The van der Waals surface area contributed by atoms with Crippen molar-refractivity contribution in [2.45, 2.75) is 52.6 Å². The highest BCUT2D eigenvalue weighted by molar-refractivity contribution is 5.87. The van der Waals surface area contributed by atoms with E-state index in [2.05, 4.69) is 16.6 Å². The first-order valence-corrected chi connectivity index (χ1v) is 7.28. The molecule has 0 aromatic rings. The maximum atomic E-state index is 12.1. The van der Waals surface area contributed by atoms with E-state index in [1.54, 1.807) is 27.7 Å². The summed E-state index contributed by atoms with van der Waals surface area (Å²) in [5, 5.41) is 2.67. The second-order valence-corrected chi connectivity index (χ2v) is 6.82. The van der Waals surface area contributed by atoms with Crippen LogP contribution in [0.3, 0.4) is 0 Å². The molecule has 2 unspecified atom stereocenters. The van der Waals surface area contributed by atoms with Crippen LogP contribution < -0.4 is 5.32 Å². The zero-order chi connectivity index (χ0) is 17.1. The van der Waals surface area contributed by atoms with Crippen molar-refractivity contribution in [3.05, 3.63) is 12.3 Å². The number of methoxy groups -OCH3 is 1. The number of ether oxygens (including phenoxy) is 2. The maximum Gasteiger partial charge on any atom is 0.307 e. The van der Waals surface area contributed by atoms with E-state index >= 15 is 0 Å². The van der Waals surface area contributed by atoms with Crippen molar-refractivity contribution in [3.63, 3.8) is 0 Å². The molecule has 1 aliphatic rings. The van der Waals surface area contributed by atoms with E-state index in [-0.39, 0.29) is 24.7 Å². The quantitative estimate of drug-likeness (QED) is 0.785. The van der Waals surface area contributed by atoms with Gasteiger partial charge in [-0.3, -0.25) is 14.4 Å². The zero-order valence-electron chi connectivity index (χ0n) is 13.9. The fourth-order valence-corrected chi connectivity index (χ4v) is 2.60. The third-order valence-corrected chi connectivity index (χ3v) is 3.85. The van der Waals surface area contributed by atoms with Crippen LogP contribution in [-0.2, 0) is 23.9 Å². The van der Waals surface area contributed by atoms with Crippen molar-refractivity contribution in [2.75, 3.05) is 7.11 Å². The predicted molar refractivity (Wildman–Crippen MR) is 80.6 cm³/mol. The Morgan fingerprint density at radius 3 is 2.41 bits per heavy atom. The average Bonchev–Trinajstić information content (AvgIpc) is 2.54. The lowest BCUT2D eigenvalue weighted by Crippen LogP contribution is -2.33. The van der Waals surface area contributed by atoms with E-state index in [1.165, 1.54) is 7.11 Å². The molecule has 1 aliphatic heterocycles. The fourth-order valence-electron chi connectivity index (χ4n) is 2.60. The van der Waals surface area contributed by atoms with E-state index in [0.29, 0.717) is 12.1 Å². The minimum atomic E-state index is -0.770. The molecule has 0 saturated carbocycles. The van der Waals surface area contributed by atoms with Crippen molar-refractivity contribution < 1.29 is 23.9 Å². The van der Waals surface area contributed by atoms with Crippen LogP contribution >= 0.6 is 0 Å². The largest absolute Gasteiger partial charge is 0.469 e. The number of carbonyl (C=O) groups excluding carboxylic acids is 3. The Morgan fingerprint density at radius 1 is 1.32 bits per heavy atom. The highest BCUT2D eigenvalue weighted by Crippen LogP contribution is 2.44. The number of nitrogens with one attached hydrogen (secondary N) is 1. The summed E-state index contributed by atoms with van der Waals surface area (Å²) in [6, 6.07) is 0. The zero-order valence-corrected chi connectivity index (χ0v) is 13.9. The van der Waals surface area contributed by atoms with Crippen LogP contribution in [0.4, 0.5) is 0 Å². The van der Waals surface area contributed by atoms with Gasteiger partial charge in [0.25, 0.3) is 0 Å². The summed E-state index contributed by atoms with van der Waals surface area (Å²) in [5.74, 6) is -1.51. The van der Waals surface area contributed by atoms with Crippen molar-refractivity contribution in [2.24, 2.45) is 11.3 Å². The molecule has 1 heterocycles. The van der Waals surface area contributed by atoms with Gasteiger partial charge in [-0.2, -0.15) is 0 Å². The first kappa shape index (κ1) is 18.2. The van der Waals surface area contributed by atoms with Gasteiger partial charge >= 0.3 is 11.9 Å². The van der Waals surface area contributed by atoms with Crippen LogP contribution in [0.15, 0.2) is 12.3 Å². The van der Waals surface area contributed by atoms with Gasteiger partial charge in [-0.05, 0) is 27.2 Å². The topological polar surface area (TPSA) is 81.7 Å². The second-order valence-electron chi connectivity index (χ2n) is 6.82. The summed E-state index contributed by atoms with van der Waals surface area (Å²) in [5.41, 5.74) is -0.877. The Balaban J connectivity index is 2.85. The van der Waals surface area contributed by atoms with Crippen molar-refractivity contribution in [1.29, 1.82) is 0 Å². The number of allylic oxidation sites excluding steroid dienone is 1. The Bertz CT molecular complexity index is 491. The Hall–Kier alpha value is -1.85. The van der Waals surface area contributed by atoms with E-state index in [0.717, 1.165) is 0 Å². The van der Waals surface area contributed by atoms with E-state index in [4.69, 9.17) is 4.74 Å². The highest BCUT2D eigenvalue weighted by atomic mass is 16.6. The molecule has 1 amide bonds. The normalized spacial score (nSPS) is 24.9. The predicted octanol–water partition coefficient (Wildman–Crippen LogP) is 1.94. The van der Waals surface area contributed by atoms with Crippen LogP contribution in [0.5, 0.6) is 0 Å². The Morgan fingerprint density at radius 2 is 1.91 bits per heavy atom.